The molecular formula is C14H21NO. The number of rotatable bonds is 6. The summed E-state index contributed by atoms with van der Waals surface area (Å²) in [5.74, 6) is 0. The molecule has 0 aliphatic heterocycles. The zero-order chi connectivity index (χ0) is 11.4. The minimum Gasteiger partial charge on any atom is -0.374 e. The summed E-state index contributed by atoms with van der Waals surface area (Å²) in [6, 6.07) is 8.83. The fraction of sp³-hybridized carbons (Fsp3) is 0.571. The lowest BCUT2D eigenvalue weighted by Gasteiger charge is -2.14. The summed E-state index contributed by atoms with van der Waals surface area (Å²) >= 11 is 0. The minimum absolute atomic E-state index is 0.0455. The molecule has 1 fully saturated rings. The maximum Gasteiger partial charge on any atom is 0.0930 e. The standard InChI is InChI=1S/C14H21NO/c1-16-14(8-9-14)13-7-4-6-12(11-13)5-2-3-10-15/h4,6-7,11H,2-3,5,8-10,15H2,1H3. The van der Waals surface area contributed by atoms with E-state index in [0.29, 0.717) is 0 Å². The van der Waals surface area contributed by atoms with Gasteiger partial charge in [0.25, 0.3) is 0 Å². The zero-order valence-corrected chi connectivity index (χ0v) is 10.0. The highest BCUT2D eigenvalue weighted by Crippen LogP contribution is 2.48. The van der Waals surface area contributed by atoms with Gasteiger partial charge in [-0.3, -0.25) is 0 Å². The normalized spacial score (nSPS) is 17.4. The van der Waals surface area contributed by atoms with Crippen LogP contribution in [0, 0.1) is 0 Å². The van der Waals surface area contributed by atoms with Crippen LogP contribution >= 0.6 is 0 Å². The first-order valence-corrected chi connectivity index (χ1v) is 6.15. The molecule has 2 rings (SSSR count). The van der Waals surface area contributed by atoms with Gasteiger partial charge >= 0.3 is 0 Å². The third kappa shape index (κ3) is 2.45. The smallest absolute Gasteiger partial charge is 0.0930 e. The van der Waals surface area contributed by atoms with E-state index in [1.807, 2.05) is 7.11 Å². The largest absolute Gasteiger partial charge is 0.374 e. The van der Waals surface area contributed by atoms with Gasteiger partial charge in [-0.1, -0.05) is 24.3 Å². The monoisotopic (exact) mass is 219 g/mol. The SMILES string of the molecule is COC1(c2cccc(CCCCN)c2)CC1. The molecule has 1 aliphatic rings. The second-order valence-corrected chi connectivity index (χ2v) is 4.64. The number of benzene rings is 1. The molecule has 0 heterocycles. The molecule has 16 heavy (non-hydrogen) atoms. The van der Waals surface area contributed by atoms with E-state index in [4.69, 9.17) is 10.5 Å². The first-order chi connectivity index (χ1) is 7.80. The van der Waals surface area contributed by atoms with Crippen molar-refractivity contribution >= 4 is 0 Å². The number of nitrogens with two attached hydrogens (primary N) is 1. The zero-order valence-electron chi connectivity index (χ0n) is 10.0. The Labute approximate surface area is 97.8 Å². The van der Waals surface area contributed by atoms with Gasteiger partial charge < -0.3 is 10.5 Å². The van der Waals surface area contributed by atoms with Crippen molar-refractivity contribution in [2.75, 3.05) is 13.7 Å². The highest BCUT2D eigenvalue weighted by atomic mass is 16.5. The molecule has 1 aromatic carbocycles. The van der Waals surface area contributed by atoms with Crippen molar-refractivity contribution in [1.82, 2.24) is 0 Å². The van der Waals surface area contributed by atoms with Gasteiger partial charge in [0, 0.05) is 7.11 Å². The van der Waals surface area contributed by atoms with E-state index in [9.17, 15) is 0 Å². The Morgan fingerprint density at radius 3 is 2.75 bits per heavy atom. The number of methoxy groups -OCH3 is 1. The van der Waals surface area contributed by atoms with E-state index in [-0.39, 0.29) is 5.60 Å². The van der Waals surface area contributed by atoms with E-state index >= 15 is 0 Å². The van der Waals surface area contributed by atoms with Crippen LogP contribution in [0.15, 0.2) is 24.3 Å². The third-order valence-electron chi connectivity index (χ3n) is 3.47. The Balaban J connectivity index is 2.02. The molecule has 0 atom stereocenters. The topological polar surface area (TPSA) is 35.2 Å². The highest BCUT2D eigenvalue weighted by molar-refractivity contribution is 5.32. The molecule has 0 amide bonds. The summed E-state index contributed by atoms with van der Waals surface area (Å²) in [4.78, 5) is 0. The molecule has 0 aromatic heterocycles. The first-order valence-electron chi connectivity index (χ1n) is 6.15. The molecule has 88 valence electrons. The lowest BCUT2D eigenvalue weighted by atomic mass is 10.0. The van der Waals surface area contributed by atoms with E-state index in [1.165, 1.54) is 17.5 Å². The van der Waals surface area contributed by atoms with Crippen molar-refractivity contribution in [1.29, 1.82) is 0 Å². The van der Waals surface area contributed by atoms with Gasteiger partial charge in [0.2, 0.25) is 0 Å². The molecule has 0 bridgehead atoms. The van der Waals surface area contributed by atoms with Crippen LogP contribution in [-0.2, 0) is 16.8 Å². The molecule has 1 aromatic rings. The number of aryl methyl sites for hydroxylation is 1. The lowest BCUT2D eigenvalue weighted by Crippen LogP contribution is -2.09. The maximum atomic E-state index is 5.60. The van der Waals surface area contributed by atoms with Crippen LogP contribution in [0.4, 0.5) is 0 Å². The van der Waals surface area contributed by atoms with E-state index < -0.39 is 0 Å². The second kappa shape index (κ2) is 4.98. The van der Waals surface area contributed by atoms with Crippen molar-refractivity contribution in [3.05, 3.63) is 35.4 Å². The molecule has 0 unspecified atom stereocenters. The van der Waals surface area contributed by atoms with Gasteiger partial charge in [0.15, 0.2) is 0 Å². The summed E-state index contributed by atoms with van der Waals surface area (Å²) < 4.78 is 5.60. The molecule has 1 aliphatic carbocycles. The molecule has 1 saturated carbocycles. The fourth-order valence-electron chi connectivity index (χ4n) is 2.21. The summed E-state index contributed by atoms with van der Waals surface area (Å²) in [7, 11) is 1.81. The number of ether oxygens (including phenoxy) is 1. The van der Waals surface area contributed by atoms with Gasteiger partial charge in [-0.25, -0.2) is 0 Å². The lowest BCUT2D eigenvalue weighted by molar-refractivity contribution is 0.0788. The first kappa shape index (κ1) is 11.6. The maximum absolute atomic E-state index is 5.60. The number of hydrogen-bond donors (Lipinski definition) is 1. The van der Waals surface area contributed by atoms with Gasteiger partial charge in [-0.15, -0.1) is 0 Å². The molecule has 0 radical (unpaired) electrons. The highest BCUT2D eigenvalue weighted by Gasteiger charge is 2.44. The Kier molecular flexibility index (Phi) is 3.62. The van der Waals surface area contributed by atoms with Crippen LogP contribution in [-0.4, -0.2) is 13.7 Å². The van der Waals surface area contributed by atoms with Crippen LogP contribution in [0.3, 0.4) is 0 Å². The van der Waals surface area contributed by atoms with Crippen LogP contribution in [0.2, 0.25) is 0 Å². The Hall–Kier alpha value is -0.860. The van der Waals surface area contributed by atoms with Crippen molar-refractivity contribution in [3.8, 4) is 0 Å². The van der Waals surface area contributed by atoms with Crippen molar-refractivity contribution in [2.24, 2.45) is 5.73 Å². The minimum atomic E-state index is 0.0455. The predicted octanol–water partition coefficient (Wildman–Crippen LogP) is 2.60. The van der Waals surface area contributed by atoms with E-state index in [1.54, 1.807) is 0 Å². The van der Waals surface area contributed by atoms with Crippen molar-refractivity contribution in [3.63, 3.8) is 0 Å². The van der Waals surface area contributed by atoms with Crippen molar-refractivity contribution < 1.29 is 4.74 Å². The van der Waals surface area contributed by atoms with E-state index in [2.05, 4.69) is 24.3 Å². The van der Waals surface area contributed by atoms with Crippen molar-refractivity contribution in [2.45, 2.75) is 37.7 Å². The third-order valence-corrected chi connectivity index (χ3v) is 3.47. The molecule has 0 spiro atoms. The molecule has 2 heteroatoms. The average molecular weight is 219 g/mol. The summed E-state index contributed by atoms with van der Waals surface area (Å²) in [6.07, 6.45) is 5.75. The number of hydrogen-bond acceptors (Lipinski definition) is 2. The van der Waals surface area contributed by atoms with Gasteiger partial charge in [0.1, 0.15) is 0 Å². The summed E-state index contributed by atoms with van der Waals surface area (Å²) in [6.45, 7) is 0.793. The molecule has 2 N–H and O–H groups in total. The van der Waals surface area contributed by atoms with Crippen LogP contribution in [0.1, 0.15) is 36.8 Å². The quantitative estimate of drug-likeness (QED) is 0.746. The fourth-order valence-corrected chi connectivity index (χ4v) is 2.21. The second-order valence-electron chi connectivity index (χ2n) is 4.64. The Bertz CT molecular complexity index is 344. The summed E-state index contributed by atoms with van der Waals surface area (Å²) in [5.41, 5.74) is 8.31. The van der Waals surface area contributed by atoms with Gasteiger partial charge in [-0.05, 0) is 49.8 Å². The summed E-state index contributed by atoms with van der Waals surface area (Å²) in [5, 5.41) is 0. The number of unbranched alkanes of at least 4 members (excludes halogenated alkanes) is 1. The average Bonchev–Trinajstić information content (AvgIpc) is 3.11. The predicted molar refractivity (Wildman–Crippen MR) is 66.4 cm³/mol. The van der Waals surface area contributed by atoms with E-state index in [0.717, 1.165) is 32.2 Å². The van der Waals surface area contributed by atoms with Crippen LogP contribution < -0.4 is 5.73 Å². The Morgan fingerprint density at radius 1 is 1.31 bits per heavy atom. The Morgan fingerprint density at radius 2 is 2.12 bits per heavy atom. The van der Waals surface area contributed by atoms with Gasteiger partial charge in [0.05, 0.1) is 5.60 Å². The molecular weight excluding hydrogens is 198 g/mol. The van der Waals surface area contributed by atoms with Crippen LogP contribution in [0.25, 0.3) is 0 Å². The van der Waals surface area contributed by atoms with Gasteiger partial charge in [-0.2, -0.15) is 0 Å². The van der Waals surface area contributed by atoms with Crippen LogP contribution in [0.5, 0.6) is 0 Å². The molecule has 0 saturated heterocycles. The molecule has 2 nitrogen and oxygen atoms in total.